The zero-order chi connectivity index (χ0) is 14.7. The number of rotatable bonds is 1. The second-order valence-corrected chi connectivity index (χ2v) is 4.88. The van der Waals surface area contributed by atoms with Crippen LogP contribution in [0.5, 0.6) is 0 Å². The molecule has 0 bridgehead atoms. The van der Waals surface area contributed by atoms with E-state index in [1.54, 1.807) is 17.0 Å². The molecule has 0 unspecified atom stereocenters. The summed E-state index contributed by atoms with van der Waals surface area (Å²) in [6.07, 6.45) is 3.49. The van der Waals surface area contributed by atoms with Crippen LogP contribution in [0.1, 0.15) is 11.1 Å². The molecule has 0 aliphatic carbocycles. The summed E-state index contributed by atoms with van der Waals surface area (Å²) < 4.78 is 2.38. The Labute approximate surface area is 127 Å². The third-order valence-electron chi connectivity index (χ3n) is 3.00. The molecule has 0 aliphatic heterocycles. The molecule has 1 aromatic carbocycles. The Hall–Kier alpha value is -2.71. The molecule has 0 saturated carbocycles. The summed E-state index contributed by atoms with van der Waals surface area (Å²) in [6.45, 7) is 0. The van der Waals surface area contributed by atoms with E-state index in [4.69, 9.17) is 12.2 Å². The summed E-state index contributed by atoms with van der Waals surface area (Å²) in [5, 5.41) is 6.97. The lowest BCUT2D eigenvalue weighted by Gasteiger charge is -2.00. The first-order chi connectivity index (χ1) is 10.2. The van der Waals surface area contributed by atoms with Crippen molar-refractivity contribution >= 4 is 12.2 Å². The van der Waals surface area contributed by atoms with Crippen LogP contribution in [0.3, 0.4) is 0 Å². The SMILES string of the molecule is Cn1c(-c2cncc(C#Cc3ccccc3)c2)n[nH]c1=S. The Kier molecular flexibility index (Phi) is 3.63. The summed E-state index contributed by atoms with van der Waals surface area (Å²) in [7, 11) is 1.86. The van der Waals surface area contributed by atoms with E-state index < -0.39 is 0 Å². The van der Waals surface area contributed by atoms with Crippen molar-refractivity contribution in [2.24, 2.45) is 7.05 Å². The van der Waals surface area contributed by atoms with E-state index in [9.17, 15) is 0 Å². The van der Waals surface area contributed by atoms with Gasteiger partial charge in [-0.1, -0.05) is 30.0 Å². The Bertz CT molecular complexity index is 882. The second kappa shape index (κ2) is 5.73. The molecule has 3 aromatic rings. The predicted molar refractivity (Wildman–Crippen MR) is 84.0 cm³/mol. The van der Waals surface area contributed by atoms with E-state index in [0.29, 0.717) is 4.77 Å². The van der Waals surface area contributed by atoms with Gasteiger partial charge in [0.1, 0.15) is 0 Å². The van der Waals surface area contributed by atoms with Crippen LogP contribution in [0.4, 0.5) is 0 Å². The maximum absolute atomic E-state index is 5.12. The molecular formula is C16H12N4S. The Morgan fingerprint density at radius 3 is 2.57 bits per heavy atom. The van der Waals surface area contributed by atoms with Gasteiger partial charge in [-0.25, -0.2) is 0 Å². The Morgan fingerprint density at radius 1 is 1.10 bits per heavy atom. The molecule has 0 fully saturated rings. The molecular weight excluding hydrogens is 280 g/mol. The quantitative estimate of drug-likeness (QED) is 0.554. The van der Waals surface area contributed by atoms with E-state index in [-0.39, 0.29) is 0 Å². The van der Waals surface area contributed by atoms with E-state index in [1.807, 2.05) is 43.4 Å². The summed E-state index contributed by atoms with van der Waals surface area (Å²) >= 11 is 5.12. The van der Waals surface area contributed by atoms with Gasteiger partial charge < -0.3 is 4.57 Å². The van der Waals surface area contributed by atoms with Gasteiger partial charge in [0.2, 0.25) is 0 Å². The van der Waals surface area contributed by atoms with Crippen molar-refractivity contribution in [3.63, 3.8) is 0 Å². The van der Waals surface area contributed by atoms with Gasteiger partial charge in [-0.2, -0.15) is 5.10 Å². The molecule has 0 aliphatic rings. The maximum Gasteiger partial charge on any atom is 0.195 e. The number of H-pyrrole nitrogens is 1. The molecule has 0 radical (unpaired) electrons. The number of nitrogens with one attached hydrogen (secondary N) is 1. The first kappa shape index (κ1) is 13.3. The van der Waals surface area contributed by atoms with Crippen molar-refractivity contribution < 1.29 is 0 Å². The van der Waals surface area contributed by atoms with Gasteiger partial charge in [0.05, 0.1) is 0 Å². The summed E-state index contributed by atoms with van der Waals surface area (Å²) in [5.74, 6) is 6.97. The number of benzene rings is 1. The lowest BCUT2D eigenvalue weighted by atomic mass is 10.1. The van der Waals surface area contributed by atoms with Crippen molar-refractivity contribution in [1.82, 2.24) is 19.7 Å². The van der Waals surface area contributed by atoms with Crippen LogP contribution in [0.15, 0.2) is 48.8 Å². The molecule has 4 nitrogen and oxygen atoms in total. The van der Waals surface area contributed by atoms with Gasteiger partial charge in [0.25, 0.3) is 0 Å². The van der Waals surface area contributed by atoms with E-state index in [1.165, 1.54) is 0 Å². The van der Waals surface area contributed by atoms with Crippen LogP contribution >= 0.6 is 12.2 Å². The standard InChI is InChI=1S/C16H12N4S/c1-20-15(18-19-16(20)21)14-9-13(10-17-11-14)8-7-12-5-3-2-4-6-12/h2-6,9-11H,1H3,(H,19,21). The average molecular weight is 292 g/mol. The number of hydrogen-bond acceptors (Lipinski definition) is 3. The van der Waals surface area contributed by atoms with Gasteiger partial charge >= 0.3 is 0 Å². The van der Waals surface area contributed by atoms with Gasteiger partial charge in [0.15, 0.2) is 10.6 Å². The van der Waals surface area contributed by atoms with Gasteiger partial charge in [0, 0.05) is 36.1 Å². The van der Waals surface area contributed by atoms with Gasteiger partial charge in [-0.15, -0.1) is 0 Å². The fourth-order valence-electron chi connectivity index (χ4n) is 1.90. The third-order valence-corrected chi connectivity index (χ3v) is 3.37. The highest BCUT2D eigenvalue weighted by Gasteiger charge is 2.06. The first-order valence-corrected chi connectivity index (χ1v) is 6.79. The fourth-order valence-corrected chi connectivity index (χ4v) is 2.03. The topological polar surface area (TPSA) is 46.5 Å². The number of hydrogen-bond donors (Lipinski definition) is 1. The van der Waals surface area contributed by atoms with Gasteiger partial charge in [-0.05, 0) is 30.4 Å². The lowest BCUT2D eigenvalue weighted by molar-refractivity contribution is 0.901. The fraction of sp³-hybridized carbons (Fsp3) is 0.0625. The largest absolute Gasteiger partial charge is 0.303 e. The molecule has 21 heavy (non-hydrogen) atoms. The molecule has 0 spiro atoms. The Balaban J connectivity index is 1.96. The Morgan fingerprint density at radius 2 is 1.86 bits per heavy atom. The minimum Gasteiger partial charge on any atom is -0.303 e. The zero-order valence-electron chi connectivity index (χ0n) is 11.4. The second-order valence-electron chi connectivity index (χ2n) is 4.49. The monoisotopic (exact) mass is 292 g/mol. The van der Waals surface area contributed by atoms with Crippen molar-refractivity contribution in [2.75, 3.05) is 0 Å². The zero-order valence-corrected chi connectivity index (χ0v) is 12.2. The first-order valence-electron chi connectivity index (χ1n) is 6.38. The van der Waals surface area contributed by atoms with Crippen LogP contribution < -0.4 is 0 Å². The highest BCUT2D eigenvalue weighted by Crippen LogP contribution is 2.16. The normalized spacial score (nSPS) is 9.95. The number of aromatic amines is 1. The molecule has 3 rings (SSSR count). The summed E-state index contributed by atoms with van der Waals surface area (Å²) in [4.78, 5) is 4.22. The predicted octanol–water partition coefficient (Wildman–Crippen LogP) is 2.94. The lowest BCUT2D eigenvalue weighted by Crippen LogP contribution is -1.93. The van der Waals surface area contributed by atoms with E-state index in [0.717, 1.165) is 22.5 Å². The molecule has 0 atom stereocenters. The van der Waals surface area contributed by atoms with Crippen LogP contribution in [-0.4, -0.2) is 19.7 Å². The van der Waals surface area contributed by atoms with Crippen LogP contribution in [0.2, 0.25) is 0 Å². The number of nitrogens with zero attached hydrogens (tertiary/aromatic N) is 3. The van der Waals surface area contributed by atoms with E-state index >= 15 is 0 Å². The molecule has 102 valence electrons. The maximum atomic E-state index is 5.12. The minimum atomic E-state index is 0.575. The number of aromatic nitrogens is 4. The minimum absolute atomic E-state index is 0.575. The molecule has 2 aromatic heterocycles. The van der Waals surface area contributed by atoms with Gasteiger partial charge in [-0.3, -0.25) is 10.1 Å². The molecule has 1 N–H and O–H groups in total. The average Bonchev–Trinajstić information content (AvgIpc) is 2.86. The molecule has 2 heterocycles. The van der Waals surface area contributed by atoms with Crippen molar-refractivity contribution in [3.05, 3.63) is 64.7 Å². The highest BCUT2D eigenvalue weighted by atomic mass is 32.1. The number of pyridine rings is 1. The summed E-state index contributed by atoms with van der Waals surface area (Å²) in [6, 6.07) is 11.8. The molecule has 0 saturated heterocycles. The van der Waals surface area contributed by atoms with Crippen LogP contribution in [-0.2, 0) is 7.05 Å². The summed E-state index contributed by atoms with van der Waals surface area (Å²) in [5.41, 5.74) is 2.69. The smallest absolute Gasteiger partial charge is 0.195 e. The van der Waals surface area contributed by atoms with Crippen LogP contribution in [0.25, 0.3) is 11.4 Å². The van der Waals surface area contributed by atoms with Crippen molar-refractivity contribution in [2.45, 2.75) is 0 Å². The molecule has 0 amide bonds. The highest BCUT2D eigenvalue weighted by molar-refractivity contribution is 7.71. The third kappa shape index (κ3) is 2.91. The van der Waals surface area contributed by atoms with E-state index in [2.05, 4.69) is 27.0 Å². The van der Waals surface area contributed by atoms with Crippen molar-refractivity contribution in [3.8, 4) is 23.2 Å². The molecule has 5 heteroatoms. The van der Waals surface area contributed by atoms with Crippen molar-refractivity contribution in [1.29, 1.82) is 0 Å². The van der Waals surface area contributed by atoms with Crippen LogP contribution in [0, 0.1) is 16.6 Å².